The van der Waals surface area contributed by atoms with Crippen LogP contribution in [0.25, 0.3) is 0 Å². The SMILES string of the molecule is C=C(CC[C@@]12O[C@H](C(=O)OCCC(C)C)[C@@](O)(C(=O)O)[C@@](C(=O)O)(O1)[C@H](OC(=O)/C=C/[C@@H](C)C[C@@H](C)CC)[C@H]2O)C(OC(C)=O)[C@H](C)Cc1ccccc1. The summed E-state index contributed by atoms with van der Waals surface area (Å²) in [5, 5.41) is 45.0. The molecule has 3 rings (SSSR count). The molecular weight excluding hydrogens is 704 g/mol. The van der Waals surface area contributed by atoms with Gasteiger partial charge in [0.05, 0.1) is 6.61 Å². The highest BCUT2D eigenvalue weighted by Gasteiger charge is 2.86. The Bertz CT molecular complexity index is 1540. The molecule has 14 heteroatoms. The summed E-state index contributed by atoms with van der Waals surface area (Å²) >= 11 is 0. The van der Waals surface area contributed by atoms with Crippen LogP contribution in [-0.2, 0) is 54.1 Å². The Morgan fingerprint density at radius 1 is 1.02 bits per heavy atom. The van der Waals surface area contributed by atoms with Crippen molar-refractivity contribution < 1.29 is 68.1 Å². The molecule has 0 aliphatic carbocycles. The highest BCUT2D eigenvalue weighted by molar-refractivity contribution is 5.98. The van der Waals surface area contributed by atoms with E-state index in [0.717, 1.165) is 18.1 Å². The predicted molar refractivity (Wildman–Crippen MR) is 194 cm³/mol. The first kappa shape index (κ1) is 44.3. The largest absolute Gasteiger partial charge is 0.479 e. The zero-order valence-electron chi connectivity index (χ0n) is 32.2. The van der Waals surface area contributed by atoms with Gasteiger partial charge >= 0.3 is 29.8 Å². The number of aliphatic hydroxyl groups excluding tert-OH is 1. The van der Waals surface area contributed by atoms with Crippen LogP contribution in [0, 0.1) is 23.7 Å². The van der Waals surface area contributed by atoms with Gasteiger partial charge in [-0.1, -0.05) is 91.0 Å². The van der Waals surface area contributed by atoms with E-state index < -0.39 is 77.7 Å². The van der Waals surface area contributed by atoms with E-state index >= 15 is 0 Å². The number of rotatable bonds is 20. The monoisotopic (exact) mass is 760 g/mol. The number of fused-ring (bicyclic) bond motifs is 2. The second kappa shape index (κ2) is 18.5. The fraction of sp³-hybridized carbons (Fsp3) is 0.625. The molecule has 4 N–H and O–H groups in total. The molecule has 1 aromatic carbocycles. The number of carboxylic acid groups (broad SMARTS) is 2. The number of hydrogen-bond donors (Lipinski definition) is 4. The van der Waals surface area contributed by atoms with Gasteiger partial charge in [-0.05, 0) is 54.6 Å². The van der Waals surface area contributed by atoms with Crippen LogP contribution in [0.2, 0.25) is 0 Å². The first-order valence-corrected chi connectivity index (χ1v) is 18.4. The first-order valence-electron chi connectivity index (χ1n) is 18.4. The number of aliphatic carboxylic acids is 2. The number of allylic oxidation sites excluding steroid dienone is 1. The molecule has 300 valence electrons. The van der Waals surface area contributed by atoms with Gasteiger partial charge in [-0.3, -0.25) is 4.79 Å². The maximum atomic E-state index is 13.6. The number of benzene rings is 1. The Labute approximate surface area is 316 Å². The number of carbonyl (C=O) groups excluding carboxylic acids is 3. The Hall–Kier alpha value is -4.11. The van der Waals surface area contributed by atoms with Crippen molar-refractivity contribution in [3.8, 4) is 0 Å². The van der Waals surface area contributed by atoms with E-state index in [0.29, 0.717) is 25.2 Å². The lowest BCUT2D eigenvalue weighted by Gasteiger charge is -2.49. The molecule has 10 atom stereocenters. The average Bonchev–Trinajstić information content (AvgIpc) is 3.32. The van der Waals surface area contributed by atoms with E-state index in [9.17, 15) is 44.4 Å². The van der Waals surface area contributed by atoms with Crippen LogP contribution in [-0.4, -0.2) is 98.3 Å². The summed E-state index contributed by atoms with van der Waals surface area (Å²) in [4.78, 5) is 65.3. The molecule has 1 aromatic rings. The minimum absolute atomic E-state index is 0.0479. The van der Waals surface area contributed by atoms with E-state index in [1.165, 1.54) is 13.0 Å². The second-order valence-corrected chi connectivity index (χ2v) is 15.1. The average molecular weight is 761 g/mol. The van der Waals surface area contributed by atoms with E-state index in [1.807, 2.05) is 71.9 Å². The number of carboxylic acids is 2. The van der Waals surface area contributed by atoms with Crippen molar-refractivity contribution in [1.29, 1.82) is 0 Å². The zero-order chi connectivity index (χ0) is 40.6. The molecule has 2 heterocycles. The number of carbonyl (C=O) groups is 5. The lowest BCUT2D eigenvalue weighted by atomic mass is 9.74. The van der Waals surface area contributed by atoms with E-state index in [-0.39, 0.29) is 36.4 Å². The lowest BCUT2D eigenvalue weighted by Crippen LogP contribution is -2.78. The molecule has 0 radical (unpaired) electrons. The van der Waals surface area contributed by atoms with Crippen molar-refractivity contribution in [2.24, 2.45) is 23.7 Å². The van der Waals surface area contributed by atoms with Gasteiger partial charge in [-0.15, -0.1) is 0 Å². The summed E-state index contributed by atoms with van der Waals surface area (Å²) in [5.74, 6) is -10.3. The van der Waals surface area contributed by atoms with Crippen molar-refractivity contribution in [2.45, 2.75) is 128 Å². The number of hydrogen-bond acceptors (Lipinski definition) is 12. The predicted octanol–water partition coefficient (Wildman–Crippen LogP) is 4.39. The Morgan fingerprint density at radius 3 is 2.22 bits per heavy atom. The summed E-state index contributed by atoms with van der Waals surface area (Å²) in [7, 11) is 0. The molecule has 0 aromatic heterocycles. The lowest BCUT2D eigenvalue weighted by molar-refractivity contribution is -0.374. The van der Waals surface area contributed by atoms with Crippen LogP contribution in [0.3, 0.4) is 0 Å². The molecule has 0 amide bonds. The van der Waals surface area contributed by atoms with Crippen molar-refractivity contribution in [1.82, 2.24) is 0 Å². The van der Waals surface area contributed by atoms with Gasteiger partial charge in [0, 0.05) is 25.3 Å². The van der Waals surface area contributed by atoms with E-state index in [1.54, 1.807) is 0 Å². The van der Waals surface area contributed by atoms with Crippen molar-refractivity contribution in [2.75, 3.05) is 6.61 Å². The van der Waals surface area contributed by atoms with Crippen molar-refractivity contribution in [3.63, 3.8) is 0 Å². The zero-order valence-corrected chi connectivity index (χ0v) is 32.2. The standard InChI is InChI=1S/C40H56O14/c1-9-24(4)21-25(5)15-16-30(42)52-33-32(43)38(19-17-26(6)31(51-28(8)41)27(7)22-29-13-11-10-12-14-29)53-34(35(44)50-20-18-23(2)3)39(49,36(45)46)40(33,54-38)37(47)48/h10-16,23-25,27,31-34,43,49H,6,9,17-22H2,1-5,7-8H3,(H,45,46)(H,47,48)/b16-15+/t24-,25+,27+,31?,32+,33+,34+,38+,39+,40+/m0/s1. The van der Waals surface area contributed by atoms with Gasteiger partial charge < -0.3 is 44.1 Å². The van der Waals surface area contributed by atoms with Crippen LogP contribution in [0.4, 0.5) is 0 Å². The Morgan fingerprint density at radius 2 is 1.67 bits per heavy atom. The third kappa shape index (κ3) is 9.57. The first-order chi connectivity index (χ1) is 25.2. The maximum Gasteiger partial charge on any atom is 0.344 e. The second-order valence-electron chi connectivity index (χ2n) is 15.1. The fourth-order valence-corrected chi connectivity index (χ4v) is 7.04. The van der Waals surface area contributed by atoms with E-state index in [4.69, 9.17) is 23.7 Å². The molecule has 0 spiro atoms. The fourth-order valence-electron chi connectivity index (χ4n) is 7.04. The minimum atomic E-state index is -3.78. The topological polar surface area (TPSA) is 212 Å². The van der Waals surface area contributed by atoms with Gasteiger partial charge in [0.2, 0.25) is 23.1 Å². The molecule has 2 saturated heterocycles. The molecular formula is C40H56O14. The van der Waals surface area contributed by atoms with Crippen LogP contribution >= 0.6 is 0 Å². The smallest absolute Gasteiger partial charge is 0.344 e. The van der Waals surface area contributed by atoms with Crippen molar-refractivity contribution in [3.05, 3.63) is 60.2 Å². The molecule has 2 aliphatic heterocycles. The molecule has 2 fully saturated rings. The van der Waals surface area contributed by atoms with Crippen molar-refractivity contribution >= 4 is 29.8 Å². The van der Waals surface area contributed by atoms with Gasteiger partial charge in [0.15, 0.2) is 6.10 Å². The third-order valence-electron chi connectivity index (χ3n) is 10.2. The van der Waals surface area contributed by atoms with Gasteiger partial charge in [0.25, 0.3) is 0 Å². The molecule has 14 nitrogen and oxygen atoms in total. The minimum Gasteiger partial charge on any atom is -0.479 e. The van der Waals surface area contributed by atoms with E-state index in [2.05, 4.69) is 6.58 Å². The maximum absolute atomic E-state index is 13.6. The molecule has 2 bridgehead atoms. The Balaban J connectivity index is 2.08. The summed E-state index contributed by atoms with van der Waals surface area (Å²) in [5.41, 5.74) is -6.03. The molecule has 2 aliphatic rings. The molecule has 0 saturated carbocycles. The third-order valence-corrected chi connectivity index (χ3v) is 10.2. The summed E-state index contributed by atoms with van der Waals surface area (Å²) in [6, 6.07) is 9.39. The van der Waals surface area contributed by atoms with Crippen LogP contribution in [0.1, 0.15) is 86.1 Å². The number of ether oxygens (including phenoxy) is 5. The highest BCUT2D eigenvalue weighted by Crippen LogP contribution is 2.56. The summed E-state index contributed by atoms with van der Waals surface area (Å²) in [6.07, 6.45) is -3.92. The number of aliphatic hydroxyl groups is 2. The van der Waals surface area contributed by atoms with Crippen LogP contribution < -0.4 is 0 Å². The van der Waals surface area contributed by atoms with Crippen LogP contribution in [0.15, 0.2) is 54.6 Å². The van der Waals surface area contributed by atoms with Gasteiger partial charge in [0.1, 0.15) is 12.2 Å². The summed E-state index contributed by atoms with van der Waals surface area (Å²) in [6.45, 7) is 16.5. The number of esters is 3. The van der Waals surface area contributed by atoms with Crippen LogP contribution in [0.5, 0.6) is 0 Å². The summed E-state index contributed by atoms with van der Waals surface area (Å²) < 4.78 is 28.1. The van der Waals surface area contributed by atoms with Gasteiger partial charge in [-0.25, -0.2) is 19.2 Å². The quantitative estimate of drug-likeness (QED) is 0.0629. The molecule has 54 heavy (non-hydrogen) atoms. The normalized spacial score (nSPS) is 28.5. The van der Waals surface area contributed by atoms with Gasteiger partial charge in [-0.2, -0.15) is 0 Å². The highest BCUT2D eigenvalue weighted by atomic mass is 16.8. The molecule has 1 unspecified atom stereocenters. The Kier molecular flexibility index (Phi) is 15.2.